The first-order valence-corrected chi connectivity index (χ1v) is 11.2. The Kier molecular flexibility index (Phi) is 5.97. The predicted octanol–water partition coefficient (Wildman–Crippen LogP) is 4.74. The lowest BCUT2D eigenvalue weighted by atomic mass is 9.80. The largest absolute Gasteiger partial charge is 0.496 e. The normalized spacial score (nSPS) is 20.3. The fraction of sp³-hybridized carbons (Fsp3) is 0.346. The average Bonchev–Trinajstić information content (AvgIpc) is 3.20. The first-order valence-electron chi connectivity index (χ1n) is 11.2. The summed E-state index contributed by atoms with van der Waals surface area (Å²) in [7, 11) is 1.59. The molecule has 2 aliphatic rings. The third kappa shape index (κ3) is 4.48. The van der Waals surface area contributed by atoms with E-state index in [0.29, 0.717) is 0 Å². The average molecular weight is 447 g/mol. The molecule has 0 saturated carbocycles. The Morgan fingerprint density at radius 1 is 1.09 bits per heavy atom. The molecule has 1 aliphatic carbocycles. The summed E-state index contributed by atoms with van der Waals surface area (Å²) in [6.07, 6.45) is 13.0. The van der Waals surface area contributed by atoms with Crippen molar-refractivity contribution < 1.29 is 13.7 Å². The first kappa shape index (κ1) is 23.3. The van der Waals surface area contributed by atoms with Gasteiger partial charge in [0.15, 0.2) is 0 Å². The molecule has 5 nitrogen and oxygen atoms in total. The van der Waals surface area contributed by atoms with Crippen LogP contribution in [0.3, 0.4) is 0 Å². The molecular formula is C26H31BFN3O2. The molecule has 1 saturated heterocycles. The molecule has 2 aromatic rings. The van der Waals surface area contributed by atoms with Gasteiger partial charge >= 0.3 is 7.12 Å². The number of hydrogen-bond acceptors (Lipinski definition) is 4. The number of rotatable bonds is 5. The highest BCUT2D eigenvalue weighted by Crippen LogP contribution is 2.36. The van der Waals surface area contributed by atoms with Crippen LogP contribution in [0.2, 0.25) is 0 Å². The van der Waals surface area contributed by atoms with Gasteiger partial charge in [0.2, 0.25) is 0 Å². The Morgan fingerprint density at radius 3 is 2.36 bits per heavy atom. The van der Waals surface area contributed by atoms with E-state index in [1.165, 1.54) is 12.3 Å². The summed E-state index contributed by atoms with van der Waals surface area (Å²) in [4.78, 5) is 6.79. The van der Waals surface area contributed by atoms with E-state index in [1.54, 1.807) is 10.8 Å². The van der Waals surface area contributed by atoms with Crippen molar-refractivity contribution in [3.05, 3.63) is 84.6 Å². The van der Waals surface area contributed by atoms with E-state index in [0.717, 1.165) is 28.1 Å². The van der Waals surface area contributed by atoms with Crippen molar-refractivity contribution in [1.82, 2.24) is 9.55 Å². The van der Waals surface area contributed by atoms with Crippen LogP contribution in [0.1, 0.15) is 34.6 Å². The van der Waals surface area contributed by atoms with Crippen LogP contribution in [0.25, 0.3) is 5.70 Å². The van der Waals surface area contributed by atoms with Crippen LogP contribution in [0.15, 0.2) is 78.8 Å². The van der Waals surface area contributed by atoms with Crippen LogP contribution in [0.4, 0.5) is 10.2 Å². The van der Waals surface area contributed by atoms with Crippen LogP contribution < -0.4 is 10.4 Å². The van der Waals surface area contributed by atoms with Crippen molar-refractivity contribution in [1.29, 1.82) is 0 Å². The Balaban J connectivity index is 1.51. The highest BCUT2D eigenvalue weighted by Gasteiger charge is 2.51. The summed E-state index contributed by atoms with van der Waals surface area (Å²) < 4.78 is 27.5. The van der Waals surface area contributed by atoms with E-state index in [4.69, 9.17) is 9.31 Å². The Morgan fingerprint density at radius 2 is 1.79 bits per heavy atom. The maximum Gasteiger partial charge on any atom is 0.496 e. The van der Waals surface area contributed by atoms with Crippen molar-refractivity contribution in [3.8, 4) is 0 Å². The quantitative estimate of drug-likeness (QED) is 0.621. The van der Waals surface area contributed by atoms with Crippen molar-refractivity contribution in [3.63, 3.8) is 0 Å². The standard InChI is InChI=1S/C26H31BFN3O2/c1-18-8-9-20(10-12-23(18)31-15-14-22(28)17-31)19(2)30(7)24-13-11-21(16-29-24)27-32-25(3,4)26(5,6)33-27/h8-17,19H,1H2,2-7H3/t19-/m0/s1. The zero-order valence-electron chi connectivity index (χ0n) is 20.2. The third-order valence-corrected chi connectivity index (χ3v) is 6.90. The molecule has 4 rings (SSSR count). The molecule has 0 bridgehead atoms. The third-order valence-electron chi connectivity index (χ3n) is 6.90. The maximum atomic E-state index is 13.5. The second kappa shape index (κ2) is 8.47. The molecule has 0 radical (unpaired) electrons. The molecule has 33 heavy (non-hydrogen) atoms. The van der Waals surface area contributed by atoms with Crippen LogP contribution in [-0.4, -0.2) is 41.0 Å². The van der Waals surface area contributed by atoms with Gasteiger partial charge in [0, 0.05) is 31.1 Å². The summed E-state index contributed by atoms with van der Waals surface area (Å²) in [5.41, 5.74) is 2.88. The zero-order valence-corrected chi connectivity index (χ0v) is 20.2. The van der Waals surface area contributed by atoms with Crippen molar-refractivity contribution >= 4 is 24.1 Å². The smallest absolute Gasteiger partial charge is 0.399 e. The number of nitrogens with zero attached hydrogens (tertiary/aromatic N) is 3. The van der Waals surface area contributed by atoms with Crippen molar-refractivity contribution in [2.24, 2.45) is 0 Å². The number of aromatic nitrogens is 2. The van der Waals surface area contributed by atoms with Gasteiger partial charge in [-0.2, -0.15) is 0 Å². The molecule has 1 fully saturated rings. The Labute approximate surface area is 196 Å². The molecule has 1 aliphatic heterocycles. The second-order valence-electron chi connectivity index (χ2n) is 9.64. The minimum atomic E-state index is -0.431. The molecule has 0 amide bonds. The Bertz CT molecular complexity index is 1130. The number of likely N-dealkylation sites (N-methyl/N-ethyl adjacent to an activating group) is 1. The molecule has 0 spiro atoms. The number of allylic oxidation sites excluding steroid dienone is 5. The molecular weight excluding hydrogens is 416 g/mol. The zero-order chi connectivity index (χ0) is 24.0. The summed E-state index contributed by atoms with van der Waals surface area (Å²) in [6.45, 7) is 14.4. The summed E-state index contributed by atoms with van der Waals surface area (Å²) in [6, 6.07) is 5.48. The minimum absolute atomic E-state index is 0.0567. The number of pyridine rings is 1. The van der Waals surface area contributed by atoms with Gasteiger partial charge in [0.25, 0.3) is 0 Å². The second-order valence-corrected chi connectivity index (χ2v) is 9.64. The fourth-order valence-electron chi connectivity index (χ4n) is 3.82. The van der Waals surface area contributed by atoms with Gasteiger partial charge in [-0.15, -0.1) is 0 Å². The highest BCUT2D eigenvalue weighted by molar-refractivity contribution is 6.62. The van der Waals surface area contributed by atoms with E-state index in [9.17, 15) is 4.39 Å². The molecule has 172 valence electrons. The molecule has 2 aromatic heterocycles. The van der Waals surface area contributed by atoms with Crippen molar-refractivity contribution in [2.45, 2.75) is 51.9 Å². The molecule has 0 N–H and O–H groups in total. The van der Waals surface area contributed by atoms with Crippen molar-refractivity contribution in [2.75, 3.05) is 11.9 Å². The monoisotopic (exact) mass is 447 g/mol. The van der Waals surface area contributed by atoms with E-state index in [2.05, 4.69) is 23.4 Å². The van der Waals surface area contributed by atoms with Gasteiger partial charge in [0.05, 0.1) is 22.9 Å². The number of anilines is 1. The molecule has 0 unspecified atom stereocenters. The summed E-state index contributed by atoms with van der Waals surface area (Å²) in [5.74, 6) is 0.570. The molecule has 1 atom stereocenters. The van der Waals surface area contributed by atoms with Gasteiger partial charge in [-0.3, -0.25) is 0 Å². The van der Waals surface area contributed by atoms with Crippen LogP contribution in [0.5, 0.6) is 0 Å². The Hall–Kier alpha value is -2.90. The highest BCUT2D eigenvalue weighted by atomic mass is 19.1. The van der Waals surface area contributed by atoms with Crippen LogP contribution in [0, 0.1) is 5.82 Å². The minimum Gasteiger partial charge on any atom is -0.399 e. The maximum absolute atomic E-state index is 13.5. The number of halogens is 1. The molecule has 3 heterocycles. The summed E-state index contributed by atoms with van der Waals surface area (Å²) >= 11 is 0. The molecule has 0 aromatic carbocycles. The lowest BCUT2D eigenvalue weighted by molar-refractivity contribution is 0.00578. The van der Waals surface area contributed by atoms with Gasteiger partial charge in [-0.1, -0.05) is 30.9 Å². The molecule has 7 heteroatoms. The summed E-state index contributed by atoms with van der Waals surface area (Å²) in [5, 5.41) is 0. The fourth-order valence-corrected chi connectivity index (χ4v) is 3.82. The van der Waals surface area contributed by atoms with Gasteiger partial charge in [-0.25, -0.2) is 9.37 Å². The van der Waals surface area contributed by atoms with Gasteiger partial charge < -0.3 is 18.8 Å². The predicted molar refractivity (Wildman–Crippen MR) is 133 cm³/mol. The van der Waals surface area contributed by atoms with Gasteiger partial charge in [-0.05, 0) is 64.0 Å². The van der Waals surface area contributed by atoms with E-state index in [-0.39, 0.29) is 23.1 Å². The SMILES string of the molecule is C=C1C=CC([C@H](C)N(C)c2ccc(B3OC(C)(C)C(C)(C)O3)cn2)=CC=C1n1ccc(F)c1. The van der Waals surface area contributed by atoms with E-state index in [1.807, 2.05) is 77.4 Å². The first-order chi connectivity index (χ1) is 15.5. The topological polar surface area (TPSA) is 39.5 Å². The van der Waals surface area contributed by atoms with E-state index < -0.39 is 7.12 Å². The lowest BCUT2D eigenvalue weighted by Gasteiger charge is -2.32. The van der Waals surface area contributed by atoms with Crippen LogP contribution >= 0.6 is 0 Å². The van der Waals surface area contributed by atoms with Crippen LogP contribution in [-0.2, 0) is 9.31 Å². The number of hydrogen-bond donors (Lipinski definition) is 0. The van der Waals surface area contributed by atoms with E-state index >= 15 is 0 Å². The lowest BCUT2D eigenvalue weighted by Crippen LogP contribution is -2.41. The van der Waals surface area contributed by atoms with Gasteiger partial charge in [0.1, 0.15) is 11.6 Å².